The Balaban J connectivity index is 1.76. The maximum Gasteiger partial charge on any atom is 0.410 e. The van der Waals surface area contributed by atoms with E-state index in [0.717, 1.165) is 10.9 Å². The summed E-state index contributed by atoms with van der Waals surface area (Å²) in [6.45, 7) is 11.8. The van der Waals surface area contributed by atoms with Gasteiger partial charge in [-0.2, -0.15) is 5.10 Å². The topological polar surface area (TPSA) is 103 Å². The Bertz CT molecular complexity index is 1040. The van der Waals surface area contributed by atoms with Crippen LogP contribution in [0, 0.1) is 0 Å². The largest absolute Gasteiger partial charge is 0.466 e. The van der Waals surface area contributed by atoms with Crippen LogP contribution in [0.4, 0.5) is 4.79 Å². The van der Waals surface area contributed by atoms with Crippen molar-refractivity contribution >= 4 is 28.9 Å². The number of likely N-dealkylation sites (tertiary alicyclic amines) is 1. The molecule has 2 aromatic rings. The van der Waals surface area contributed by atoms with Crippen molar-refractivity contribution in [3.63, 3.8) is 0 Å². The molecule has 1 aromatic carbocycles. The molecule has 2 heterocycles. The Morgan fingerprint density at radius 1 is 1.21 bits per heavy atom. The van der Waals surface area contributed by atoms with Gasteiger partial charge in [0.1, 0.15) is 5.60 Å². The Hall–Kier alpha value is -3.10. The number of nitrogens with zero attached hydrogens (tertiary/aromatic N) is 3. The van der Waals surface area contributed by atoms with Crippen molar-refractivity contribution < 1.29 is 23.9 Å². The number of ether oxygens (including phenoxy) is 2. The van der Waals surface area contributed by atoms with Crippen LogP contribution in [0.25, 0.3) is 10.9 Å². The molecule has 1 aromatic heterocycles. The minimum Gasteiger partial charge on any atom is -0.466 e. The zero-order valence-corrected chi connectivity index (χ0v) is 21.0. The minimum atomic E-state index is -0.646. The van der Waals surface area contributed by atoms with E-state index < -0.39 is 11.7 Å². The number of carbonyl (C=O) groups excluding carboxylic acids is 3. The summed E-state index contributed by atoms with van der Waals surface area (Å²) in [5.41, 5.74) is 0.618. The first-order valence-electron chi connectivity index (χ1n) is 11.9. The van der Waals surface area contributed by atoms with E-state index in [1.807, 2.05) is 63.6 Å². The van der Waals surface area contributed by atoms with Gasteiger partial charge in [0.05, 0.1) is 12.1 Å². The molecule has 0 bridgehead atoms. The number of benzene rings is 1. The van der Waals surface area contributed by atoms with Crippen molar-refractivity contribution in [2.75, 3.05) is 13.2 Å². The molecule has 1 fully saturated rings. The number of nitrogens with one attached hydrogen (secondary N) is 1. The van der Waals surface area contributed by atoms with Crippen molar-refractivity contribution in [3.8, 4) is 0 Å². The Kier molecular flexibility index (Phi) is 7.84. The number of aromatic nitrogens is 2. The summed E-state index contributed by atoms with van der Waals surface area (Å²) < 4.78 is 12.5. The number of hydrogen-bond acceptors (Lipinski definition) is 6. The van der Waals surface area contributed by atoms with Gasteiger partial charge in [-0.1, -0.05) is 18.2 Å². The Morgan fingerprint density at radius 2 is 1.91 bits per heavy atom. The number of esters is 1. The fourth-order valence-corrected chi connectivity index (χ4v) is 4.26. The molecule has 9 heteroatoms. The molecule has 3 rings (SSSR count). The van der Waals surface area contributed by atoms with Gasteiger partial charge >= 0.3 is 12.1 Å². The molecular weight excluding hydrogens is 436 g/mol. The van der Waals surface area contributed by atoms with E-state index in [1.165, 1.54) is 0 Å². The van der Waals surface area contributed by atoms with Crippen LogP contribution in [-0.4, -0.2) is 63.5 Å². The van der Waals surface area contributed by atoms with Gasteiger partial charge in [-0.05, 0) is 60.5 Å². The number of para-hydroxylation sites is 1. The van der Waals surface area contributed by atoms with E-state index in [1.54, 1.807) is 11.8 Å². The van der Waals surface area contributed by atoms with Gasteiger partial charge in [0.2, 0.25) is 0 Å². The predicted molar refractivity (Wildman–Crippen MR) is 129 cm³/mol. The number of fused-ring (bicyclic) bond motifs is 1. The predicted octanol–water partition coefficient (Wildman–Crippen LogP) is 4.07. The van der Waals surface area contributed by atoms with Gasteiger partial charge in [0.25, 0.3) is 5.91 Å². The molecule has 0 radical (unpaired) electrons. The maximum absolute atomic E-state index is 13.2. The van der Waals surface area contributed by atoms with Crippen LogP contribution in [0.15, 0.2) is 24.3 Å². The molecule has 2 atom stereocenters. The summed E-state index contributed by atoms with van der Waals surface area (Å²) >= 11 is 0. The first kappa shape index (κ1) is 25.5. The highest BCUT2D eigenvalue weighted by Crippen LogP contribution is 2.26. The van der Waals surface area contributed by atoms with Gasteiger partial charge in [-0.15, -0.1) is 0 Å². The van der Waals surface area contributed by atoms with Crippen LogP contribution < -0.4 is 5.32 Å². The number of amides is 2. The number of rotatable bonds is 7. The number of carbonyl (C=O) groups is 3. The summed E-state index contributed by atoms with van der Waals surface area (Å²) in [7, 11) is 0. The van der Waals surface area contributed by atoms with Crippen LogP contribution in [-0.2, 0) is 14.3 Å². The summed E-state index contributed by atoms with van der Waals surface area (Å²) in [6, 6.07) is 7.23. The summed E-state index contributed by atoms with van der Waals surface area (Å²) in [4.78, 5) is 39.6. The van der Waals surface area contributed by atoms with Crippen molar-refractivity contribution in [1.82, 2.24) is 20.0 Å². The average molecular weight is 473 g/mol. The quantitative estimate of drug-likeness (QED) is 0.610. The molecule has 0 saturated carbocycles. The highest BCUT2D eigenvalue weighted by molar-refractivity contribution is 6.05. The second-order valence-corrected chi connectivity index (χ2v) is 9.94. The average Bonchev–Trinajstić information content (AvgIpc) is 3.33. The van der Waals surface area contributed by atoms with Gasteiger partial charge in [0, 0.05) is 36.5 Å². The minimum absolute atomic E-state index is 0.104. The third kappa shape index (κ3) is 6.07. The third-order valence-electron chi connectivity index (χ3n) is 5.68. The van der Waals surface area contributed by atoms with Crippen LogP contribution in [0.2, 0.25) is 0 Å². The second kappa shape index (κ2) is 10.4. The molecule has 1 saturated heterocycles. The zero-order valence-electron chi connectivity index (χ0n) is 21.0. The van der Waals surface area contributed by atoms with Crippen LogP contribution in [0.5, 0.6) is 0 Å². The Morgan fingerprint density at radius 3 is 2.56 bits per heavy atom. The molecule has 1 aliphatic rings. The van der Waals surface area contributed by atoms with E-state index >= 15 is 0 Å². The van der Waals surface area contributed by atoms with Crippen molar-refractivity contribution in [1.29, 1.82) is 0 Å². The number of hydrogen-bond donors (Lipinski definition) is 1. The lowest BCUT2D eigenvalue weighted by Gasteiger charge is -2.28. The van der Waals surface area contributed by atoms with Crippen molar-refractivity contribution in [2.45, 2.75) is 84.5 Å². The highest BCUT2D eigenvalue weighted by atomic mass is 16.6. The molecular formula is C25H36N4O5. The van der Waals surface area contributed by atoms with E-state index in [-0.39, 0.29) is 36.4 Å². The van der Waals surface area contributed by atoms with Crippen LogP contribution in [0.1, 0.15) is 77.3 Å². The van der Waals surface area contributed by atoms with E-state index in [0.29, 0.717) is 31.7 Å². The van der Waals surface area contributed by atoms with Crippen molar-refractivity contribution in [3.05, 3.63) is 30.0 Å². The first-order chi connectivity index (χ1) is 16.0. The SMILES string of the molecule is CCOC(=O)CC[C@@H]1C[C@H](NC(=O)c2nn(C(C)C)c3ccccc23)CN1C(=O)OC(C)(C)C. The third-order valence-corrected chi connectivity index (χ3v) is 5.68. The fourth-order valence-electron chi connectivity index (χ4n) is 4.26. The Labute approximate surface area is 200 Å². The second-order valence-electron chi connectivity index (χ2n) is 9.94. The standard InChI is InChI=1S/C25H36N4O5/c1-7-33-21(30)13-12-18-14-17(15-28(18)24(32)34-25(4,5)6)26-23(31)22-19-10-8-9-11-20(19)29(27-22)16(2)3/h8-11,16-18H,7,12-15H2,1-6H3,(H,26,31)/t17-,18+/m0/s1. The lowest BCUT2D eigenvalue weighted by Crippen LogP contribution is -2.42. The van der Waals surface area contributed by atoms with Crippen LogP contribution in [0.3, 0.4) is 0 Å². The molecule has 0 aliphatic carbocycles. The van der Waals surface area contributed by atoms with E-state index in [2.05, 4.69) is 10.4 Å². The fraction of sp³-hybridized carbons (Fsp3) is 0.600. The van der Waals surface area contributed by atoms with Gasteiger partial charge in [-0.3, -0.25) is 14.3 Å². The zero-order chi connectivity index (χ0) is 25.0. The lowest BCUT2D eigenvalue weighted by atomic mass is 10.1. The smallest absolute Gasteiger partial charge is 0.410 e. The molecule has 2 amide bonds. The van der Waals surface area contributed by atoms with Gasteiger partial charge < -0.3 is 19.7 Å². The lowest BCUT2D eigenvalue weighted by molar-refractivity contribution is -0.143. The summed E-state index contributed by atoms with van der Waals surface area (Å²) in [6.07, 6.45) is 0.706. The van der Waals surface area contributed by atoms with E-state index in [9.17, 15) is 14.4 Å². The van der Waals surface area contributed by atoms with Crippen molar-refractivity contribution in [2.24, 2.45) is 0 Å². The molecule has 186 valence electrons. The first-order valence-corrected chi connectivity index (χ1v) is 11.9. The van der Waals surface area contributed by atoms with E-state index in [4.69, 9.17) is 9.47 Å². The molecule has 34 heavy (non-hydrogen) atoms. The van der Waals surface area contributed by atoms with Gasteiger partial charge in [0.15, 0.2) is 5.69 Å². The summed E-state index contributed by atoms with van der Waals surface area (Å²) in [5.74, 6) is -0.583. The van der Waals surface area contributed by atoms with Gasteiger partial charge in [-0.25, -0.2) is 4.79 Å². The highest BCUT2D eigenvalue weighted by Gasteiger charge is 2.38. The normalized spacial score (nSPS) is 18.4. The molecule has 9 nitrogen and oxygen atoms in total. The van der Waals surface area contributed by atoms with Crippen LogP contribution >= 0.6 is 0 Å². The molecule has 0 spiro atoms. The maximum atomic E-state index is 13.2. The molecule has 1 aliphatic heterocycles. The monoisotopic (exact) mass is 472 g/mol. The molecule has 1 N–H and O–H groups in total. The molecule has 0 unspecified atom stereocenters. The summed E-state index contributed by atoms with van der Waals surface area (Å²) in [5, 5.41) is 8.41.